The second-order valence-electron chi connectivity index (χ2n) is 51.3. The zero-order chi connectivity index (χ0) is 91.3. The molecular weight excluding hydrogens is 1720 g/mol. The highest BCUT2D eigenvalue weighted by Gasteiger charge is 2.76. The maximum absolute atomic E-state index is 13.8. The Morgan fingerprint density at radius 3 is 1.02 bits per heavy atom. The highest BCUT2D eigenvalue weighted by atomic mass is 79.9. The number of hydrogen-bond acceptors (Lipinski definition) is 16. The van der Waals surface area contributed by atoms with Crippen LogP contribution in [0.5, 0.6) is 0 Å². The molecule has 21 heteroatoms. The summed E-state index contributed by atoms with van der Waals surface area (Å²) in [6.45, 7) is 19.3. The molecule has 8 aromatic rings. The van der Waals surface area contributed by atoms with Gasteiger partial charge in [-0.3, -0.25) is 58.3 Å². The normalized spacial score (nSPS) is 47.6. The van der Waals surface area contributed by atoms with Crippen molar-refractivity contribution in [2.75, 3.05) is 5.33 Å². The average Bonchev–Trinajstić information content (AvgIpc) is 1.53. The lowest BCUT2D eigenvalue weighted by atomic mass is 9.48. The van der Waals surface area contributed by atoms with Gasteiger partial charge in [-0.15, -0.1) is 0 Å². The second-order valence-corrected chi connectivity index (χ2v) is 51.9. The van der Waals surface area contributed by atoms with Crippen molar-refractivity contribution >= 4 is 82.7 Å². The van der Waals surface area contributed by atoms with E-state index in [9.17, 15) is 39.6 Å². The van der Waals surface area contributed by atoms with Crippen LogP contribution in [0.4, 0.5) is 0 Å². The lowest BCUT2D eigenvalue weighted by molar-refractivity contribution is -0.137. The van der Waals surface area contributed by atoms with Gasteiger partial charge in [0.05, 0.1) is 89.0 Å². The molecule has 20 nitrogen and oxygen atoms in total. The van der Waals surface area contributed by atoms with Crippen LogP contribution in [0.15, 0.2) is 98.6 Å². The molecule has 20 aliphatic rings. The predicted octanol–water partition coefficient (Wildman–Crippen LogP) is 20.4. The molecule has 0 radical (unpaired) electrons. The van der Waals surface area contributed by atoms with Gasteiger partial charge in [0.15, 0.2) is 17.3 Å². The first kappa shape index (κ1) is 89.1. The van der Waals surface area contributed by atoms with Gasteiger partial charge < -0.3 is 20.4 Å². The number of halogens is 1. The van der Waals surface area contributed by atoms with Gasteiger partial charge in [-0.05, 0) is 445 Å². The number of aromatic amines is 1. The van der Waals surface area contributed by atoms with Crippen molar-refractivity contribution in [3.05, 3.63) is 98.6 Å². The zero-order valence-corrected chi connectivity index (χ0v) is 82.0. The molecule has 0 unspecified atom stereocenters. The van der Waals surface area contributed by atoms with Gasteiger partial charge in [-0.1, -0.05) is 43.6 Å². The summed E-state index contributed by atoms with van der Waals surface area (Å²) >= 11 is 3.46. The number of hydrogen-bond donors (Lipinski definition) is 5. The van der Waals surface area contributed by atoms with Crippen molar-refractivity contribution in [2.24, 2.45) is 211 Å². The number of fused-ring (bicyclic) bond motifs is 32. The van der Waals surface area contributed by atoms with Crippen LogP contribution in [0.2, 0.25) is 0 Å². The summed E-state index contributed by atoms with van der Waals surface area (Å²) in [4.78, 5) is 70.5. The first-order chi connectivity index (χ1) is 63.9. The van der Waals surface area contributed by atoms with Crippen molar-refractivity contribution in [3.8, 4) is 0 Å². The zero-order valence-electron chi connectivity index (χ0n) is 80.4. The summed E-state index contributed by atoms with van der Waals surface area (Å²) in [5.41, 5.74) is 2.73. The fraction of sp³-hybridized carbons (Fsp3) is 0.750. The van der Waals surface area contributed by atoms with Crippen molar-refractivity contribution in [1.82, 2.24) is 59.5 Å². The molecular formula is C112H149BrN12O8. The number of pyridine rings is 4. The predicted molar refractivity (Wildman–Crippen MR) is 515 cm³/mol. The van der Waals surface area contributed by atoms with E-state index in [-0.39, 0.29) is 39.4 Å². The van der Waals surface area contributed by atoms with Crippen LogP contribution in [0.1, 0.15) is 261 Å². The standard InChI is InChI=1S/3C28H37N3O2.C22H33BrO2.C6H5N3/c2*1-27(33)8-5-18-16(12-27)3-4-20-19(18)6-9-28(2)25(20)21-11-22(21)26(28)24(32)15-31-14-17-7-10-29-13-23(17)30-31;1-27(33)8-5-18-16(12-27)3-4-20-19(18)6-9-28(2)25(20)21-11-22(21)26(28)24(32)15-31-23-14-29-10-7-17(23)13-30-31;1-21(25)7-5-13-12(10-21)3-4-15-14(13)6-8-22(2)19(15)16-9-17(16)20(22)18(24)11-23;1-2-7-4-6-5(1)3-8-9-6/h3*7,10,13-14,16,18-22,25-26,33H,3-6,8-9,11-12,15H2,1-2H3;12-17,19-20,25H,3-11H2,1-2H3;1-4H,(H,8,9)/t3*16-,18+,19-,20-,21-,22+,25-,26-,27-,28+;12-,13+,14-,15-,16-,17+,19-,20-,21-,22+;/m1111./s1. The summed E-state index contributed by atoms with van der Waals surface area (Å²) in [7, 11) is 0. The number of nitrogens with one attached hydrogen (secondary N) is 1. The third-order valence-corrected chi connectivity index (χ3v) is 44.5. The minimum absolute atomic E-state index is 0.167. The van der Waals surface area contributed by atoms with Gasteiger partial charge in [-0.2, -0.15) is 20.4 Å². The molecule has 0 bridgehead atoms. The van der Waals surface area contributed by atoms with Crippen molar-refractivity contribution < 1.29 is 39.6 Å². The number of aliphatic hydroxyl groups is 4. The first-order valence-electron chi connectivity index (χ1n) is 53.5. The fourth-order valence-electron chi connectivity index (χ4n) is 39.3. The molecule has 5 N–H and O–H groups in total. The van der Waals surface area contributed by atoms with Crippen LogP contribution in [0, 0.1) is 211 Å². The molecule has 133 heavy (non-hydrogen) atoms. The summed E-state index contributed by atoms with van der Waals surface area (Å²) in [6.07, 6.45) is 60.5. The Bertz CT molecular complexity index is 5490. The number of rotatable bonds is 11. The van der Waals surface area contributed by atoms with E-state index in [1.807, 2.05) is 83.9 Å². The van der Waals surface area contributed by atoms with Crippen molar-refractivity contribution in [3.63, 3.8) is 0 Å². The van der Waals surface area contributed by atoms with Crippen molar-refractivity contribution in [1.29, 1.82) is 0 Å². The van der Waals surface area contributed by atoms with Gasteiger partial charge in [0, 0.05) is 82.4 Å². The monoisotopic (exact) mass is 1870 g/mol. The Labute approximate surface area is 794 Å². The van der Waals surface area contributed by atoms with Gasteiger partial charge in [-0.25, -0.2) is 0 Å². The molecule has 8 heterocycles. The maximum Gasteiger partial charge on any atom is 0.158 e. The third-order valence-electron chi connectivity index (χ3n) is 44.0. The van der Waals surface area contributed by atoms with Gasteiger partial charge >= 0.3 is 0 Å². The highest BCUT2D eigenvalue weighted by molar-refractivity contribution is 9.09. The molecule has 0 amide bonds. The number of carbonyl (C=O) groups excluding carboxylic acids is 4. The smallest absolute Gasteiger partial charge is 0.158 e. The van der Waals surface area contributed by atoms with E-state index < -0.39 is 22.4 Å². The van der Waals surface area contributed by atoms with E-state index in [1.165, 1.54) is 154 Å². The van der Waals surface area contributed by atoms with Crippen LogP contribution < -0.4 is 0 Å². The van der Waals surface area contributed by atoms with E-state index in [0.29, 0.717) is 77.7 Å². The summed E-state index contributed by atoms with van der Waals surface area (Å²) in [6, 6.07) is 7.82. The van der Waals surface area contributed by atoms with Gasteiger partial charge in [0.1, 0.15) is 23.4 Å². The molecule has 20 aliphatic carbocycles. The number of aromatic nitrogens is 12. The minimum Gasteiger partial charge on any atom is -0.390 e. The molecule has 0 saturated heterocycles. The largest absolute Gasteiger partial charge is 0.390 e. The van der Waals surface area contributed by atoms with E-state index in [1.54, 1.807) is 49.6 Å². The summed E-state index contributed by atoms with van der Waals surface area (Å²) in [5.74, 6) is 24.3. The number of alkyl halides is 1. The molecule has 28 rings (SSSR count). The van der Waals surface area contributed by atoms with Gasteiger partial charge in [0.25, 0.3) is 0 Å². The second kappa shape index (κ2) is 32.8. The highest BCUT2D eigenvalue weighted by Crippen LogP contribution is 2.80. The fourth-order valence-corrected chi connectivity index (χ4v) is 39.6. The van der Waals surface area contributed by atoms with Crippen molar-refractivity contribution in [2.45, 2.75) is 303 Å². The molecule has 8 aromatic heterocycles. The van der Waals surface area contributed by atoms with E-state index in [0.717, 1.165) is 237 Å². The number of H-pyrrole nitrogens is 1. The average molecular weight is 1870 g/mol. The van der Waals surface area contributed by atoms with Crippen LogP contribution in [-0.2, 0) is 38.8 Å². The molecule has 0 spiro atoms. The number of ketones is 4. The molecule has 20 fully saturated rings. The third kappa shape index (κ3) is 15.2. The van der Waals surface area contributed by atoms with Crippen LogP contribution in [0.3, 0.4) is 0 Å². The molecule has 0 aliphatic heterocycles. The number of nitrogens with zero attached hydrogens (tertiary/aromatic N) is 11. The Hall–Kier alpha value is -6.52. The quantitative estimate of drug-likeness (QED) is 0.0752. The van der Waals surface area contributed by atoms with Crippen LogP contribution >= 0.6 is 15.9 Å². The Morgan fingerprint density at radius 2 is 0.669 bits per heavy atom. The Morgan fingerprint density at radius 1 is 0.346 bits per heavy atom. The lowest BCUT2D eigenvalue weighted by Gasteiger charge is -2.57. The topological polar surface area (TPSA) is 283 Å². The van der Waals surface area contributed by atoms with E-state index in [2.05, 4.69) is 96.0 Å². The number of Topliss-reactive ketones (excluding diaryl/α,β-unsaturated/α-hetero) is 4. The van der Waals surface area contributed by atoms with Crippen LogP contribution in [0.25, 0.3) is 43.6 Å². The van der Waals surface area contributed by atoms with E-state index >= 15 is 0 Å². The lowest BCUT2D eigenvalue weighted by Crippen LogP contribution is -2.52. The van der Waals surface area contributed by atoms with E-state index in [4.69, 9.17) is 0 Å². The molecule has 40 atom stereocenters. The maximum atomic E-state index is 13.8. The van der Waals surface area contributed by atoms with Gasteiger partial charge in [0.2, 0.25) is 0 Å². The summed E-state index contributed by atoms with van der Waals surface area (Å²) < 4.78 is 5.59. The molecule has 20 saturated carbocycles. The van der Waals surface area contributed by atoms with Crippen LogP contribution in [-0.4, -0.2) is 131 Å². The Balaban J connectivity index is 0.0000000948. The molecule has 712 valence electrons. The summed E-state index contributed by atoms with van der Waals surface area (Å²) in [5, 5.41) is 67.8. The SMILES string of the molecule is C[C@@]1(O)CC[C@H]2[C@H](CC[C@@H]3[C@@H]2CC[C@@]2(C)[C@H]3[C@@H]3C[C@@H]3[C@@H]2C(=O)CBr)C1.C[C@@]1(O)CC[C@H]2[C@H](CC[C@@H]3[C@@H]2CC[C@@]2(C)[C@H]3[C@@H]3C[C@@H]3[C@@H]2C(=O)Cn2cc3ccncc3n2)C1.C[C@@]1(O)CC[C@H]2[C@H](CC[C@@H]3[C@@H]2CC[C@@]2(C)[C@H]3[C@@H]3C[C@@H]3[C@@H]2C(=O)Cn2cc3ccncc3n2)C1.C[C@@]1(O)CC[C@H]2[C@H](CC[C@@H]3[C@@H]2CC[C@@]2(C)[C@H]3[C@@H]3C[C@@H]3[C@@H]2C(=O)Cn2ncc3ccncc32)C1.c1cc2cn[nH]c2cn1. The number of carbonyl (C=O) groups is 4. The first-order valence-corrected chi connectivity index (χ1v) is 54.6. The Kier molecular flexibility index (Phi) is 22.0. The minimum atomic E-state index is -0.449. The molecule has 0 aromatic carbocycles.